The second kappa shape index (κ2) is 10.7. The molecule has 4 atom stereocenters. The molecule has 2 bridgehead atoms. The van der Waals surface area contributed by atoms with Gasteiger partial charge < -0.3 is 24.2 Å². The fraction of sp³-hybridized carbons (Fsp3) is 0.464. The normalized spacial score (nSPS) is 25.2. The maximum Gasteiger partial charge on any atom is 0.408 e. The standard InChI is InChI=1S/C28H32F2N6O5/c1-27-6-7-28(2,36(27)26(37)38)25(30)21(11-27)35(3)23-14-31-20(13-32-23)18-9-19(29)17(10-22(18)41-15-39-4)16-8-24(40-5)34-33-12-16/h8-10,12-14,21,25H,6-7,11,15H2,1-5H3,(H,37,38)/t21-,25-,27-,28+/m0/s1. The van der Waals surface area contributed by atoms with Crippen molar-refractivity contribution in [3.63, 3.8) is 0 Å². The number of piperidine rings is 1. The van der Waals surface area contributed by atoms with E-state index in [4.69, 9.17) is 14.2 Å². The summed E-state index contributed by atoms with van der Waals surface area (Å²) in [6.07, 6.45) is 3.17. The van der Waals surface area contributed by atoms with Gasteiger partial charge in [0.15, 0.2) is 6.79 Å². The monoisotopic (exact) mass is 570 g/mol. The largest absolute Gasteiger partial charge is 0.480 e. The number of ether oxygens (including phenoxy) is 3. The molecule has 11 nitrogen and oxygen atoms in total. The summed E-state index contributed by atoms with van der Waals surface area (Å²) < 4.78 is 47.2. The van der Waals surface area contributed by atoms with E-state index in [9.17, 15) is 9.90 Å². The van der Waals surface area contributed by atoms with Crippen LogP contribution in [0.4, 0.5) is 19.4 Å². The Morgan fingerprint density at radius 3 is 2.59 bits per heavy atom. The van der Waals surface area contributed by atoms with Crippen molar-refractivity contribution in [2.24, 2.45) is 0 Å². The number of methoxy groups -OCH3 is 2. The summed E-state index contributed by atoms with van der Waals surface area (Å²) in [6.45, 7) is 3.45. The Balaban J connectivity index is 1.45. The van der Waals surface area contributed by atoms with Crippen molar-refractivity contribution >= 4 is 11.9 Å². The van der Waals surface area contributed by atoms with E-state index < -0.39 is 35.2 Å². The number of hydrogen-bond acceptors (Lipinski definition) is 9. The average molecular weight is 571 g/mol. The van der Waals surface area contributed by atoms with Gasteiger partial charge in [-0.05, 0) is 45.2 Å². The number of aromatic nitrogens is 4. The number of amides is 1. The lowest BCUT2D eigenvalue weighted by molar-refractivity contribution is -0.0380. The Morgan fingerprint density at radius 1 is 1.15 bits per heavy atom. The Hall–Kier alpha value is -4.13. The van der Waals surface area contributed by atoms with Gasteiger partial charge in [-0.15, -0.1) is 5.10 Å². The molecule has 2 fully saturated rings. The van der Waals surface area contributed by atoms with Gasteiger partial charge in [0.05, 0.1) is 43.0 Å². The Morgan fingerprint density at radius 2 is 1.93 bits per heavy atom. The van der Waals surface area contributed by atoms with Gasteiger partial charge in [0.1, 0.15) is 23.6 Å². The molecule has 3 aromatic rings. The number of alkyl halides is 1. The van der Waals surface area contributed by atoms with E-state index >= 15 is 8.78 Å². The number of anilines is 1. The van der Waals surface area contributed by atoms with E-state index in [2.05, 4.69) is 20.2 Å². The average Bonchev–Trinajstić information content (AvgIpc) is 3.20. The molecule has 1 amide bonds. The summed E-state index contributed by atoms with van der Waals surface area (Å²) in [4.78, 5) is 24.0. The van der Waals surface area contributed by atoms with Crippen molar-refractivity contribution in [1.29, 1.82) is 0 Å². The third-order valence-electron chi connectivity index (χ3n) is 8.32. The molecular weight excluding hydrogens is 538 g/mol. The van der Waals surface area contributed by atoms with Crippen molar-refractivity contribution in [3.05, 3.63) is 42.6 Å². The number of fused-ring (bicyclic) bond motifs is 2. The van der Waals surface area contributed by atoms with Crippen LogP contribution in [0.15, 0.2) is 36.8 Å². The highest BCUT2D eigenvalue weighted by atomic mass is 19.1. The minimum atomic E-state index is -1.43. The van der Waals surface area contributed by atoms with E-state index in [1.54, 1.807) is 24.9 Å². The molecular formula is C28H32F2N6O5. The summed E-state index contributed by atoms with van der Waals surface area (Å²) in [6, 6.07) is 3.76. The minimum absolute atomic E-state index is 0.0886. The highest BCUT2D eigenvalue weighted by Gasteiger charge is 2.63. The lowest BCUT2D eigenvalue weighted by Crippen LogP contribution is -2.68. The number of nitrogens with zero attached hydrogens (tertiary/aromatic N) is 6. The Kier molecular flexibility index (Phi) is 7.41. The highest BCUT2D eigenvalue weighted by molar-refractivity contribution is 5.75. The number of halogens is 2. The van der Waals surface area contributed by atoms with Crippen molar-refractivity contribution < 1.29 is 32.9 Å². The van der Waals surface area contributed by atoms with Gasteiger partial charge in [0.2, 0.25) is 5.88 Å². The first-order valence-electron chi connectivity index (χ1n) is 13.1. The van der Waals surface area contributed by atoms with E-state index in [1.807, 2.05) is 6.92 Å². The fourth-order valence-electron chi connectivity index (χ4n) is 6.19. The lowest BCUT2D eigenvalue weighted by atomic mass is 9.80. The zero-order valence-corrected chi connectivity index (χ0v) is 23.5. The summed E-state index contributed by atoms with van der Waals surface area (Å²) in [5.74, 6) is 0.390. The predicted octanol–water partition coefficient (Wildman–Crippen LogP) is 4.57. The van der Waals surface area contributed by atoms with E-state index in [0.29, 0.717) is 47.7 Å². The van der Waals surface area contributed by atoms with Crippen LogP contribution in [0.1, 0.15) is 33.1 Å². The van der Waals surface area contributed by atoms with Crippen LogP contribution >= 0.6 is 0 Å². The molecule has 2 aliphatic heterocycles. The van der Waals surface area contributed by atoms with Gasteiger partial charge in [-0.25, -0.2) is 18.6 Å². The first-order valence-corrected chi connectivity index (χ1v) is 13.1. The van der Waals surface area contributed by atoms with Crippen LogP contribution in [0.25, 0.3) is 22.4 Å². The minimum Gasteiger partial charge on any atom is -0.480 e. The molecule has 2 saturated heterocycles. The van der Waals surface area contributed by atoms with Crippen LogP contribution in [-0.4, -0.2) is 87.6 Å². The molecule has 0 spiro atoms. The van der Waals surface area contributed by atoms with E-state index in [-0.39, 0.29) is 18.2 Å². The molecule has 4 heterocycles. The summed E-state index contributed by atoms with van der Waals surface area (Å²) in [5.41, 5.74) is -0.480. The van der Waals surface area contributed by atoms with E-state index in [0.717, 1.165) is 0 Å². The molecule has 218 valence electrons. The molecule has 0 saturated carbocycles. The quantitative estimate of drug-likeness (QED) is 0.385. The maximum absolute atomic E-state index is 15.9. The SMILES string of the molecule is COCOc1cc(-c2cnnc(OC)c2)c(F)cc1-c1cnc(N(C)[C@H]2C[C@]3(C)CC[C@](C)([C@H]2F)N3C(=O)O)cn1. The summed E-state index contributed by atoms with van der Waals surface area (Å²) in [5, 5.41) is 17.5. The van der Waals surface area contributed by atoms with Gasteiger partial charge in [-0.3, -0.25) is 9.88 Å². The maximum atomic E-state index is 15.9. The first kappa shape index (κ1) is 28.4. The number of carboxylic acid groups (broad SMARTS) is 1. The van der Waals surface area contributed by atoms with Crippen LogP contribution in [0.5, 0.6) is 11.6 Å². The molecule has 1 aromatic carbocycles. The first-order chi connectivity index (χ1) is 19.5. The van der Waals surface area contributed by atoms with Crippen LogP contribution in [0, 0.1) is 5.82 Å². The van der Waals surface area contributed by atoms with Gasteiger partial charge in [-0.1, -0.05) is 0 Å². The Labute approximate surface area is 236 Å². The predicted molar refractivity (Wildman–Crippen MR) is 145 cm³/mol. The van der Waals surface area contributed by atoms with Crippen LogP contribution < -0.4 is 14.4 Å². The number of rotatable bonds is 8. The molecule has 41 heavy (non-hydrogen) atoms. The van der Waals surface area contributed by atoms with E-state index in [1.165, 1.54) is 49.8 Å². The third kappa shape index (κ3) is 4.88. The number of carbonyl (C=O) groups is 1. The van der Waals surface area contributed by atoms with Crippen molar-refractivity contribution in [3.8, 4) is 34.0 Å². The topological polar surface area (TPSA) is 123 Å². The molecule has 0 aliphatic carbocycles. The molecule has 0 radical (unpaired) electrons. The second-order valence-electron chi connectivity index (χ2n) is 10.9. The molecule has 2 aromatic heterocycles. The number of hydrogen-bond donors (Lipinski definition) is 1. The van der Waals surface area contributed by atoms with Crippen molar-refractivity contribution in [1.82, 2.24) is 25.1 Å². The molecule has 0 unspecified atom stereocenters. The van der Waals surface area contributed by atoms with Gasteiger partial charge in [0, 0.05) is 42.5 Å². The fourth-order valence-corrected chi connectivity index (χ4v) is 6.19. The molecule has 13 heteroatoms. The van der Waals surface area contributed by atoms with Gasteiger partial charge >= 0.3 is 6.09 Å². The zero-order valence-electron chi connectivity index (χ0n) is 23.5. The summed E-state index contributed by atoms with van der Waals surface area (Å²) in [7, 11) is 4.64. The molecule has 1 N–H and O–H groups in total. The molecule has 2 aliphatic rings. The van der Waals surface area contributed by atoms with Crippen molar-refractivity contribution in [2.45, 2.75) is 56.4 Å². The second-order valence-corrected chi connectivity index (χ2v) is 10.9. The van der Waals surface area contributed by atoms with Gasteiger partial charge in [0.25, 0.3) is 0 Å². The smallest absolute Gasteiger partial charge is 0.408 e. The van der Waals surface area contributed by atoms with Crippen LogP contribution in [-0.2, 0) is 4.74 Å². The third-order valence-corrected chi connectivity index (χ3v) is 8.32. The highest BCUT2D eigenvalue weighted by Crippen LogP contribution is 2.52. The number of benzene rings is 1. The van der Waals surface area contributed by atoms with Crippen LogP contribution in [0.3, 0.4) is 0 Å². The Bertz CT molecular complexity index is 1450. The van der Waals surface area contributed by atoms with Crippen LogP contribution in [0.2, 0.25) is 0 Å². The lowest BCUT2D eigenvalue weighted by Gasteiger charge is -2.53. The zero-order chi connectivity index (χ0) is 29.5. The van der Waals surface area contributed by atoms with Gasteiger partial charge in [-0.2, -0.15) is 5.10 Å². The summed E-state index contributed by atoms with van der Waals surface area (Å²) >= 11 is 0. The molecule has 5 rings (SSSR count). The van der Waals surface area contributed by atoms with Crippen molar-refractivity contribution in [2.75, 3.05) is 33.0 Å².